The molecule has 1 N–H and O–H groups in total. The molecule has 3 atom stereocenters. The molecule has 2 heterocycles. The van der Waals surface area contributed by atoms with Crippen molar-refractivity contribution in [3.05, 3.63) is 0 Å². The molecule has 0 radical (unpaired) electrons. The summed E-state index contributed by atoms with van der Waals surface area (Å²) in [5.74, 6) is 1.59. The van der Waals surface area contributed by atoms with Crippen molar-refractivity contribution in [1.82, 2.24) is 10.2 Å². The van der Waals surface area contributed by atoms with Crippen LogP contribution in [0.2, 0.25) is 0 Å². The van der Waals surface area contributed by atoms with E-state index in [0.717, 1.165) is 16.8 Å². The summed E-state index contributed by atoms with van der Waals surface area (Å²) in [6, 6.07) is 0.148. The van der Waals surface area contributed by atoms with Crippen molar-refractivity contribution in [2.24, 2.45) is 10.9 Å². The number of nitrogens with zero attached hydrogens (tertiary/aromatic N) is 2. The van der Waals surface area contributed by atoms with Gasteiger partial charge in [-0.15, -0.1) is 0 Å². The Morgan fingerprint density at radius 1 is 1.25 bits per heavy atom. The normalized spacial score (nSPS) is 36.8. The molecule has 20 heavy (non-hydrogen) atoms. The highest BCUT2D eigenvalue weighted by atomic mass is 32.2. The summed E-state index contributed by atoms with van der Waals surface area (Å²) in [4.78, 5) is 29.3. The number of likely N-dealkylation sites (tertiary alicyclic amines) is 1. The second-order valence-corrected chi connectivity index (χ2v) is 6.89. The average molecular weight is 295 g/mol. The number of hydrogen-bond acceptors (Lipinski definition) is 4. The fourth-order valence-corrected chi connectivity index (χ4v) is 4.42. The highest BCUT2D eigenvalue weighted by Gasteiger charge is 2.34. The van der Waals surface area contributed by atoms with Gasteiger partial charge in [-0.05, 0) is 25.2 Å². The zero-order valence-electron chi connectivity index (χ0n) is 11.8. The van der Waals surface area contributed by atoms with Gasteiger partial charge in [-0.1, -0.05) is 24.6 Å². The first kappa shape index (κ1) is 13.9. The van der Waals surface area contributed by atoms with Crippen molar-refractivity contribution in [1.29, 1.82) is 0 Å². The molecule has 0 aromatic rings. The Labute approximate surface area is 123 Å². The van der Waals surface area contributed by atoms with Crippen LogP contribution in [0.25, 0.3) is 0 Å². The number of thioether (sulfide) groups is 1. The van der Waals surface area contributed by atoms with Gasteiger partial charge in [0.05, 0.1) is 0 Å². The molecule has 3 fully saturated rings. The van der Waals surface area contributed by atoms with Crippen LogP contribution < -0.4 is 5.32 Å². The number of aliphatic imine (C=N–C) groups is 1. The fraction of sp³-hybridized carbons (Fsp3) is 0.786. The number of likely N-dealkylation sites (N-methyl/N-ethyl adjacent to an activating group) is 1. The number of imide groups is 1. The number of carbonyl (C=O) groups is 2. The molecule has 2 amide bonds. The third kappa shape index (κ3) is 2.71. The van der Waals surface area contributed by atoms with Gasteiger partial charge in [0.1, 0.15) is 6.04 Å². The number of amidine groups is 1. The van der Waals surface area contributed by atoms with Crippen LogP contribution >= 0.6 is 11.8 Å². The predicted octanol–water partition coefficient (Wildman–Crippen LogP) is 1.38. The summed E-state index contributed by atoms with van der Waals surface area (Å²) in [5.41, 5.74) is 0. The summed E-state index contributed by atoms with van der Waals surface area (Å²) in [6.07, 6.45) is 6.09. The standard InChI is InChI=1S/C14H21N3O2S/c1-17-12(18)7-6-11(13(17)19)16-14-15-10-5-3-2-4-9(10)8-20-14/h9-11H,2-8H2,1H3,(H,15,16). The van der Waals surface area contributed by atoms with Crippen LogP contribution in [0.5, 0.6) is 0 Å². The van der Waals surface area contributed by atoms with Gasteiger partial charge in [-0.2, -0.15) is 0 Å². The molecule has 2 saturated heterocycles. The molecule has 0 bridgehead atoms. The molecule has 0 aromatic heterocycles. The molecule has 0 spiro atoms. The van der Waals surface area contributed by atoms with Gasteiger partial charge >= 0.3 is 0 Å². The molecule has 5 nitrogen and oxygen atoms in total. The van der Waals surface area contributed by atoms with Crippen molar-refractivity contribution in [2.45, 2.75) is 50.6 Å². The van der Waals surface area contributed by atoms with Crippen molar-refractivity contribution < 1.29 is 9.59 Å². The van der Waals surface area contributed by atoms with Gasteiger partial charge in [0.15, 0.2) is 5.17 Å². The van der Waals surface area contributed by atoms with Crippen LogP contribution in [0.1, 0.15) is 38.5 Å². The van der Waals surface area contributed by atoms with Crippen LogP contribution in [0.3, 0.4) is 0 Å². The molecule has 6 heteroatoms. The lowest BCUT2D eigenvalue weighted by Gasteiger charge is -2.37. The predicted molar refractivity (Wildman–Crippen MR) is 79.6 cm³/mol. The van der Waals surface area contributed by atoms with Gasteiger partial charge in [-0.3, -0.25) is 14.5 Å². The highest BCUT2D eigenvalue weighted by molar-refractivity contribution is 8.13. The summed E-state index contributed by atoms with van der Waals surface area (Å²) in [5, 5.41) is 4.40. The van der Waals surface area contributed by atoms with E-state index < -0.39 is 0 Å². The monoisotopic (exact) mass is 295 g/mol. The highest BCUT2D eigenvalue weighted by Crippen LogP contribution is 2.32. The first-order valence-electron chi connectivity index (χ1n) is 7.42. The number of fused-ring (bicyclic) bond motifs is 1. The zero-order chi connectivity index (χ0) is 14.1. The molecule has 2 aliphatic heterocycles. The largest absolute Gasteiger partial charge is 0.362 e. The van der Waals surface area contributed by atoms with Gasteiger partial charge in [0, 0.05) is 25.3 Å². The Kier molecular flexibility index (Phi) is 4.01. The van der Waals surface area contributed by atoms with E-state index in [0.29, 0.717) is 18.9 Å². The Bertz CT molecular complexity index is 452. The third-order valence-corrected chi connectivity index (χ3v) is 5.64. The molecule has 1 aliphatic carbocycles. The van der Waals surface area contributed by atoms with Gasteiger partial charge < -0.3 is 5.32 Å². The molecule has 0 aromatic carbocycles. The number of nitrogens with one attached hydrogen (secondary N) is 1. The summed E-state index contributed by atoms with van der Waals surface area (Å²) in [6.45, 7) is 0. The van der Waals surface area contributed by atoms with Crippen molar-refractivity contribution in [3.8, 4) is 0 Å². The SMILES string of the molecule is CN1C(=O)CCC(N=C2NC3CCCCC3CS2)C1=O. The zero-order valence-corrected chi connectivity index (χ0v) is 12.6. The van der Waals surface area contributed by atoms with E-state index in [-0.39, 0.29) is 17.9 Å². The topological polar surface area (TPSA) is 61.8 Å². The van der Waals surface area contributed by atoms with Crippen LogP contribution in [0.4, 0.5) is 0 Å². The molecular weight excluding hydrogens is 274 g/mol. The quantitative estimate of drug-likeness (QED) is 0.743. The van der Waals surface area contributed by atoms with Crippen LogP contribution in [0.15, 0.2) is 4.99 Å². The minimum Gasteiger partial charge on any atom is -0.362 e. The first-order valence-corrected chi connectivity index (χ1v) is 8.41. The van der Waals surface area contributed by atoms with Crippen molar-refractivity contribution in [2.75, 3.05) is 12.8 Å². The van der Waals surface area contributed by atoms with E-state index in [9.17, 15) is 9.59 Å². The Morgan fingerprint density at radius 3 is 2.90 bits per heavy atom. The Balaban J connectivity index is 1.66. The molecule has 110 valence electrons. The average Bonchev–Trinajstić information content (AvgIpc) is 2.48. The molecule has 3 unspecified atom stereocenters. The van der Waals surface area contributed by atoms with E-state index in [1.54, 1.807) is 18.8 Å². The summed E-state index contributed by atoms with van der Waals surface area (Å²) < 4.78 is 0. The molecule has 3 rings (SSSR count). The maximum Gasteiger partial charge on any atom is 0.253 e. The lowest BCUT2D eigenvalue weighted by atomic mass is 9.86. The summed E-state index contributed by atoms with van der Waals surface area (Å²) in [7, 11) is 1.55. The molecular formula is C14H21N3O2S. The molecule has 1 saturated carbocycles. The van der Waals surface area contributed by atoms with Crippen LogP contribution in [0, 0.1) is 5.92 Å². The Hall–Kier alpha value is -1.04. The second kappa shape index (κ2) is 5.76. The first-order chi connectivity index (χ1) is 9.65. The van der Waals surface area contributed by atoms with E-state index in [2.05, 4.69) is 10.3 Å². The summed E-state index contributed by atoms with van der Waals surface area (Å²) >= 11 is 1.73. The van der Waals surface area contributed by atoms with Crippen LogP contribution in [-0.4, -0.2) is 46.8 Å². The smallest absolute Gasteiger partial charge is 0.253 e. The van der Waals surface area contributed by atoms with E-state index in [4.69, 9.17) is 0 Å². The lowest BCUT2D eigenvalue weighted by Crippen LogP contribution is -2.48. The lowest BCUT2D eigenvalue weighted by molar-refractivity contribution is -0.147. The van der Waals surface area contributed by atoms with Crippen molar-refractivity contribution >= 4 is 28.7 Å². The van der Waals surface area contributed by atoms with E-state index >= 15 is 0 Å². The number of piperidine rings is 1. The number of carbonyl (C=O) groups excluding carboxylic acids is 2. The maximum atomic E-state index is 12.1. The minimum atomic E-state index is -0.382. The minimum absolute atomic E-state index is 0.0944. The maximum absolute atomic E-state index is 12.1. The van der Waals surface area contributed by atoms with E-state index in [1.165, 1.54) is 30.6 Å². The van der Waals surface area contributed by atoms with Gasteiger partial charge in [0.2, 0.25) is 5.91 Å². The second-order valence-electron chi connectivity index (χ2n) is 5.89. The number of hydrogen-bond donors (Lipinski definition) is 1. The fourth-order valence-electron chi connectivity index (χ4n) is 3.22. The van der Waals surface area contributed by atoms with Crippen molar-refractivity contribution in [3.63, 3.8) is 0 Å². The number of rotatable bonds is 1. The van der Waals surface area contributed by atoms with Gasteiger partial charge in [-0.25, -0.2) is 4.99 Å². The Morgan fingerprint density at radius 2 is 2.05 bits per heavy atom. The molecule has 3 aliphatic rings. The van der Waals surface area contributed by atoms with Gasteiger partial charge in [0.25, 0.3) is 5.91 Å². The van der Waals surface area contributed by atoms with E-state index in [1.807, 2.05) is 0 Å². The number of amides is 2. The van der Waals surface area contributed by atoms with Crippen LogP contribution in [-0.2, 0) is 9.59 Å². The third-order valence-electron chi connectivity index (χ3n) is 4.55.